The molecular weight excluding hydrogens is 294 g/mol. The van der Waals surface area contributed by atoms with Gasteiger partial charge in [-0.2, -0.15) is 0 Å². The molecule has 1 saturated heterocycles. The van der Waals surface area contributed by atoms with E-state index in [4.69, 9.17) is 4.74 Å². The van der Waals surface area contributed by atoms with Gasteiger partial charge >= 0.3 is 0 Å². The Labute approximate surface area is 126 Å². The van der Waals surface area contributed by atoms with Crippen LogP contribution < -0.4 is 10.0 Å². The van der Waals surface area contributed by atoms with Crippen LogP contribution in [0.4, 0.5) is 0 Å². The van der Waals surface area contributed by atoms with Crippen LogP contribution in [-0.4, -0.2) is 82.2 Å². The number of hydrogen-bond acceptors (Lipinski definition) is 7. The molecule has 9 heteroatoms. The molecule has 2 aliphatic rings. The summed E-state index contributed by atoms with van der Waals surface area (Å²) < 4.78 is 31.3. The first-order valence-electron chi connectivity index (χ1n) is 7.30. The molecule has 0 unspecified atom stereocenters. The van der Waals surface area contributed by atoms with E-state index in [1.54, 1.807) is 13.8 Å². The molecule has 0 aliphatic carbocycles. The molecule has 0 amide bonds. The molecule has 0 aromatic heterocycles. The molecule has 0 bridgehead atoms. The maximum absolute atomic E-state index is 11.7. The van der Waals surface area contributed by atoms with Crippen molar-refractivity contribution in [3.05, 3.63) is 0 Å². The molecule has 0 saturated carbocycles. The molecule has 21 heavy (non-hydrogen) atoms. The maximum atomic E-state index is 11.7. The maximum Gasteiger partial charge on any atom is 0.237 e. The summed E-state index contributed by atoms with van der Waals surface area (Å²) in [5, 5.41) is 2.54. The molecule has 2 N–H and O–H groups in total. The third-order valence-corrected chi connectivity index (χ3v) is 5.31. The highest BCUT2D eigenvalue weighted by atomic mass is 32.2. The fraction of sp³-hybridized carbons (Fsp3) is 0.917. The molecule has 0 atom stereocenters. The van der Waals surface area contributed by atoms with E-state index in [0.29, 0.717) is 19.3 Å². The van der Waals surface area contributed by atoms with E-state index >= 15 is 0 Å². The minimum absolute atomic E-state index is 0.339. The lowest BCUT2D eigenvalue weighted by Crippen LogP contribution is -2.52. The van der Waals surface area contributed by atoms with E-state index in [2.05, 4.69) is 24.8 Å². The number of hydrogen-bond donors (Lipinski definition) is 2. The lowest BCUT2D eigenvalue weighted by atomic mass is 10.4. The average Bonchev–Trinajstić information content (AvgIpc) is 2.47. The van der Waals surface area contributed by atoms with Crippen LogP contribution in [0.3, 0.4) is 0 Å². The van der Waals surface area contributed by atoms with Crippen molar-refractivity contribution in [2.24, 2.45) is 4.99 Å². The zero-order valence-electron chi connectivity index (χ0n) is 12.7. The van der Waals surface area contributed by atoms with Crippen molar-refractivity contribution in [1.29, 1.82) is 0 Å². The highest BCUT2D eigenvalue weighted by Crippen LogP contribution is 2.01. The number of guanidine groups is 1. The molecule has 2 heterocycles. The van der Waals surface area contributed by atoms with Gasteiger partial charge in [0.25, 0.3) is 0 Å². The lowest BCUT2D eigenvalue weighted by molar-refractivity contribution is 0.0331. The van der Waals surface area contributed by atoms with Crippen LogP contribution in [0.5, 0.6) is 0 Å². The molecular formula is C12H25N5O3S. The van der Waals surface area contributed by atoms with Gasteiger partial charge in [0.1, 0.15) is 0 Å². The molecule has 0 radical (unpaired) electrons. The van der Waals surface area contributed by atoms with E-state index < -0.39 is 15.3 Å². The number of ether oxygens (including phenoxy) is 1. The van der Waals surface area contributed by atoms with Gasteiger partial charge in [-0.25, -0.2) is 13.4 Å². The van der Waals surface area contributed by atoms with Crippen molar-refractivity contribution in [2.45, 2.75) is 19.1 Å². The van der Waals surface area contributed by atoms with Gasteiger partial charge in [0.2, 0.25) is 16.0 Å². The summed E-state index contributed by atoms with van der Waals surface area (Å²) in [6.45, 7) is 9.83. The average molecular weight is 319 g/mol. The first-order chi connectivity index (χ1) is 9.97. The molecule has 0 aromatic rings. The van der Waals surface area contributed by atoms with Gasteiger partial charge in [0, 0.05) is 26.2 Å². The number of sulfonamides is 1. The lowest BCUT2D eigenvalue weighted by Gasteiger charge is -2.31. The van der Waals surface area contributed by atoms with Crippen LogP contribution in [0.15, 0.2) is 4.99 Å². The van der Waals surface area contributed by atoms with Crippen molar-refractivity contribution < 1.29 is 13.2 Å². The Hall–Kier alpha value is -0.900. The third kappa shape index (κ3) is 5.10. The summed E-state index contributed by atoms with van der Waals surface area (Å²) in [5.74, 6) is 0.339. The predicted octanol–water partition coefficient (Wildman–Crippen LogP) is -1.18. The second-order valence-electron chi connectivity index (χ2n) is 5.53. The largest absolute Gasteiger partial charge is 0.379 e. The highest BCUT2D eigenvalue weighted by molar-refractivity contribution is 7.90. The quantitative estimate of drug-likeness (QED) is 0.664. The summed E-state index contributed by atoms with van der Waals surface area (Å²) in [6, 6.07) is 0. The van der Waals surface area contributed by atoms with Crippen LogP contribution in [-0.2, 0) is 14.8 Å². The standard InChI is InChI=1S/C12H25N5O3S/c1-11(2)21(18,19)15-12-13-9-17(10-14-12)4-3-16-5-7-20-8-6-16/h11H,3-10H2,1-2H3,(H2,13,14,15). The number of nitrogens with one attached hydrogen (secondary N) is 2. The van der Waals surface area contributed by atoms with E-state index in [1.165, 1.54) is 0 Å². The monoisotopic (exact) mass is 319 g/mol. The van der Waals surface area contributed by atoms with Crippen molar-refractivity contribution >= 4 is 16.0 Å². The molecule has 122 valence electrons. The van der Waals surface area contributed by atoms with Crippen molar-refractivity contribution in [3.63, 3.8) is 0 Å². The molecule has 1 fully saturated rings. The Morgan fingerprint density at radius 1 is 1.29 bits per heavy atom. The summed E-state index contributed by atoms with van der Waals surface area (Å²) in [7, 11) is -3.33. The van der Waals surface area contributed by atoms with Crippen LogP contribution in [0.25, 0.3) is 0 Å². The van der Waals surface area contributed by atoms with Crippen LogP contribution in [0, 0.1) is 0 Å². The molecule has 0 spiro atoms. The van der Waals surface area contributed by atoms with Crippen LogP contribution in [0.2, 0.25) is 0 Å². The Morgan fingerprint density at radius 3 is 2.52 bits per heavy atom. The second kappa shape index (κ2) is 7.39. The van der Waals surface area contributed by atoms with Crippen molar-refractivity contribution in [2.75, 3.05) is 52.7 Å². The van der Waals surface area contributed by atoms with E-state index in [9.17, 15) is 8.42 Å². The molecule has 0 aromatic carbocycles. The molecule has 2 aliphatic heterocycles. The van der Waals surface area contributed by atoms with E-state index in [0.717, 1.165) is 39.4 Å². The van der Waals surface area contributed by atoms with Crippen molar-refractivity contribution in [1.82, 2.24) is 19.8 Å². The van der Waals surface area contributed by atoms with E-state index in [-0.39, 0.29) is 0 Å². The third-order valence-electron chi connectivity index (χ3n) is 3.59. The number of morpholine rings is 1. The Balaban J connectivity index is 1.74. The summed E-state index contributed by atoms with van der Waals surface area (Å²) in [5.41, 5.74) is 0. The van der Waals surface area contributed by atoms with Crippen LogP contribution >= 0.6 is 0 Å². The van der Waals surface area contributed by atoms with Gasteiger partial charge in [0.05, 0.1) is 31.8 Å². The second-order valence-corrected chi connectivity index (χ2v) is 7.76. The van der Waals surface area contributed by atoms with Crippen molar-refractivity contribution in [3.8, 4) is 0 Å². The van der Waals surface area contributed by atoms with Crippen LogP contribution in [0.1, 0.15) is 13.8 Å². The minimum atomic E-state index is -3.33. The van der Waals surface area contributed by atoms with E-state index in [1.807, 2.05) is 0 Å². The fourth-order valence-electron chi connectivity index (χ4n) is 2.04. The first-order valence-corrected chi connectivity index (χ1v) is 8.84. The molecule has 2 rings (SSSR count). The summed E-state index contributed by atoms with van der Waals surface area (Å²) in [6.07, 6.45) is 0. The number of rotatable bonds is 5. The summed E-state index contributed by atoms with van der Waals surface area (Å²) in [4.78, 5) is 8.75. The van der Waals surface area contributed by atoms with Gasteiger partial charge in [-0.1, -0.05) is 0 Å². The summed E-state index contributed by atoms with van der Waals surface area (Å²) >= 11 is 0. The first kappa shape index (κ1) is 16.5. The Bertz CT molecular complexity index is 460. The minimum Gasteiger partial charge on any atom is -0.379 e. The molecule has 8 nitrogen and oxygen atoms in total. The predicted molar refractivity (Wildman–Crippen MR) is 81.5 cm³/mol. The Morgan fingerprint density at radius 2 is 1.95 bits per heavy atom. The zero-order valence-corrected chi connectivity index (χ0v) is 13.5. The Kier molecular flexibility index (Phi) is 5.80. The van der Waals surface area contributed by atoms with Gasteiger partial charge < -0.3 is 10.1 Å². The smallest absolute Gasteiger partial charge is 0.237 e. The van der Waals surface area contributed by atoms with Gasteiger partial charge in [0.15, 0.2) is 0 Å². The zero-order chi connectivity index (χ0) is 15.3. The fourth-order valence-corrected chi connectivity index (χ4v) is 2.68. The number of nitrogens with zero attached hydrogens (tertiary/aromatic N) is 3. The SMILES string of the molecule is CC(C)S(=O)(=O)NC1=NCN(CCN2CCOCC2)CN1. The van der Waals surface area contributed by atoms with Gasteiger partial charge in [-0.3, -0.25) is 14.5 Å². The highest BCUT2D eigenvalue weighted by Gasteiger charge is 2.20. The van der Waals surface area contributed by atoms with Gasteiger partial charge in [-0.05, 0) is 13.8 Å². The topological polar surface area (TPSA) is 86.3 Å². The normalized spacial score (nSPS) is 22.0. The van der Waals surface area contributed by atoms with Gasteiger partial charge in [-0.15, -0.1) is 0 Å². The number of aliphatic imine (C=N–C) groups is 1.